The van der Waals surface area contributed by atoms with Crippen LogP contribution in [0, 0.1) is 0 Å². The Kier molecular flexibility index (Phi) is 3.04. The second-order valence-corrected chi connectivity index (χ2v) is 4.92. The van der Waals surface area contributed by atoms with E-state index < -0.39 is 0 Å². The van der Waals surface area contributed by atoms with Crippen molar-refractivity contribution in [2.75, 3.05) is 0 Å². The van der Waals surface area contributed by atoms with Gasteiger partial charge in [0.2, 0.25) is 0 Å². The Bertz CT molecular complexity index is 300. The zero-order valence-corrected chi connectivity index (χ0v) is 9.70. The molecule has 0 aliphatic heterocycles. The van der Waals surface area contributed by atoms with Gasteiger partial charge in [0.25, 0.3) is 0 Å². The van der Waals surface area contributed by atoms with Crippen molar-refractivity contribution in [2.24, 2.45) is 0 Å². The Hall–Kier alpha value is -0.310. The quantitative estimate of drug-likeness (QED) is 0.675. The molecule has 0 fully saturated rings. The maximum Gasteiger partial charge on any atom is -0.0124 e. The van der Waals surface area contributed by atoms with E-state index in [1.807, 2.05) is 0 Å². The molecule has 0 heterocycles. The van der Waals surface area contributed by atoms with Crippen molar-refractivity contribution in [3.05, 3.63) is 45.6 Å². The summed E-state index contributed by atoms with van der Waals surface area (Å²) in [6.45, 7) is 0. The zero-order valence-electron chi connectivity index (χ0n) is 7.54. The van der Waals surface area contributed by atoms with E-state index in [0.717, 1.165) is 5.92 Å². The normalized spacial score (nSPS) is 22.5. The van der Waals surface area contributed by atoms with Gasteiger partial charge in [-0.1, -0.05) is 36.4 Å². The van der Waals surface area contributed by atoms with Gasteiger partial charge in [-0.05, 0) is 56.9 Å². The Morgan fingerprint density at radius 1 is 1.15 bits per heavy atom. The highest BCUT2D eigenvalue weighted by molar-refractivity contribution is 14.1. The van der Waals surface area contributed by atoms with Crippen LogP contribution in [-0.2, 0) is 0 Å². The number of allylic oxidation sites excluding steroid dienone is 2. The van der Waals surface area contributed by atoms with Crippen LogP contribution in [0.2, 0.25) is 0 Å². The monoisotopic (exact) mass is 284 g/mol. The molecule has 1 aromatic carbocycles. The largest absolute Gasteiger partial charge is 0.0746 e. The molecule has 1 aliphatic carbocycles. The molecule has 0 amide bonds. The molecule has 0 saturated heterocycles. The molecule has 0 bridgehead atoms. The van der Waals surface area contributed by atoms with E-state index in [4.69, 9.17) is 0 Å². The maximum absolute atomic E-state index is 2.45. The molecular formula is C12H13I. The van der Waals surface area contributed by atoms with Gasteiger partial charge >= 0.3 is 0 Å². The average molecular weight is 284 g/mol. The summed E-state index contributed by atoms with van der Waals surface area (Å²) in [5.41, 5.74) is 1.50. The first-order valence-corrected chi connectivity index (χ1v) is 5.83. The summed E-state index contributed by atoms with van der Waals surface area (Å²) in [6, 6.07) is 10.9. The molecule has 2 rings (SSSR count). The molecule has 0 nitrogen and oxygen atoms in total. The first kappa shape index (κ1) is 9.25. The number of benzene rings is 1. The number of hydrogen-bond acceptors (Lipinski definition) is 0. The van der Waals surface area contributed by atoms with Crippen LogP contribution in [0.4, 0.5) is 0 Å². The van der Waals surface area contributed by atoms with E-state index >= 15 is 0 Å². The lowest BCUT2D eigenvalue weighted by Crippen LogP contribution is -2.01. The Morgan fingerprint density at radius 2 is 1.92 bits per heavy atom. The van der Waals surface area contributed by atoms with Gasteiger partial charge in [-0.25, -0.2) is 0 Å². The van der Waals surface area contributed by atoms with Crippen LogP contribution in [0.1, 0.15) is 30.7 Å². The summed E-state index contributed by atoms with van der Waals surface area (Å²) in [4.78, 5) is 0. The summed E-state index contributed by atoms with van der Waals surface area (Å²) < 4.78 is 1.53. The minimum atomic E-state index is 0.764. The molecule has 1 aromatic rings. The SMILES string of the molecule is IC1=CCC(c2ccccc2)CC1. The molecule has 1 atom stereocenters. The molecule has 1 heteroatoms. The van der Waals surface area contributed by atoms with Crippen LogP contribution in [0.15, 0.2) is 40.0 Å². The molecular weight excluding hydrogens is 271 g/mol. The van der Waals surface area contributed by atoms with Crippen LogP contribution in [-0.4, -0.2) is 0 Å². The van der Waals surface area contributed by atoms with Gasteiger partial charge in [-0.15, -0.1) is 0 Å². The van der Waals surface area contributed by atoms with Gasteiger partial charge in [0.1, 0.15) is 0 Å². The van der Waals surface area contributed by atoms with Gasteiger partial charge in [0.05, 0.1) is 0 Å². The number of halogens is 1. The number of rotatable bonds is 1. The van der Waals surface area contributed by atoms with Crippen molar-refractivity contribution < 1.29 is 0 Å². The maximum atomic E-state index is 2.45. The minimum Gasteiger partial charge on any atom is -0.0746 e. The average Bonchev–Trinajstić information content (AvgIpc) is 2.20. The van der Waals surface area contributed by atoms with E-state index in [-0.39, 0.29) is 0 Å². The molecule has 1 unspecified atom stereocenters. The molecule has 1 aliphatic rings. The lowest BCUT2D eigenvalue weighted by atomic mass is 9.88. The fraction of sp³-hybridized carbons (Fsp3) is 0.333. The molecule has 0 saturated carbocycles. The molecule has 0 radical (unpaired) electrons. The summed E-state index contributed by atoms with van der Waals surface area (Å²) in [7, 11) is 0. The summed E-state index contributed by atoms with van der Waals surface area (Å²) in [6.07, 6.45) is 6.18. The lowest BCUT2D eigenvalue weighted by molar-refractivity contribution is 0.615. The van der Waals surface area contributed by atoms with Gasteiger partial charge in [-0.2, -0.15) is 0 Å². The highest BCUT2D eigenvalue weighted by atomic mass is 127. The zero-order chi connectivity index (χ0) is 9.10. The van der Waals surface area contributed by atoms with E-state index in [0.29, 0.717) is 0 Å². The second-order valence-electron chi connectivity index (χ2n) is 3.53. The van der Waals surface area contributed by atoms with Crippen LogP contribution < -0.4 is 0 Å². The third kappa shape index (κ3) is 2.33. The molecule has 0 N–H and O–H groups in total. The minimum absolute atomic E-state index is 0.764. The van der Waals surface area contributed by atoms with Gasteiger partial charge in [-0.3, -0.25) is 0 Å². The molecule has 13 heavy (non-hydrogen) atoms. The summed E-state index contributed by atoms with van der Waals surface area (Å²) >= 11 is 2.45. The first-order valence-electron chi connectivity index (χ1n) is 4.76. The van der Waals surface area contributed by atoms with Gasteiger partial charge in [0.15, 0.2) is 0 Å². The van der Waals surface area contributed by atoms with E-state index in [1.165, 1.54) is 28.4 Å². The summed E-state index contributed by atoms with van der Waals surface area (Å²) in [5.74, 6) is 0.764. The Balaban J connectivity index is 2.12. The standard InChI is InChI=1S/C12H13I/c13-12-8-6-11(7-9-12)10-4-2-1-3-5-10/h1-5,8,11H,6-7,9H2. The van der Waals surface area contributed by atoms with Gasteiger partial charge < -0.3 is 0 Å². The van der Waals surface area contributed by atoms with E-state index in [2.05, 4.69) is 59.0 Å². The highest BCUT2D eigenvalue weighted by Gasteiger charge is 2.14. The fourth-order valence-electron chi connectivity index (χ4n) is 1.83. The summed E-state index contributed by atoms with van der Waals surface area (Å²) in [5, 5.41) is 0. The van der Waals surface area contributed by atoms with Crippen LogP contribution >= 0.6 is 22.6 Å². The van der Waals surface area contributed by atoms with Crippen LogP contribution in [0.25, 0.3) is 0 Å². The van der Waals surface area contributed by atoms with Crippen molar-refractivity contribution in [2.45, 2.75) is 25.2 Å². The van der Waals surface area contributed by atoms with Crippen LogP contribution in [0.3, 0.4) is 0 Å². The van der Waals surface area contributed by atoms with Crippen molar-refractivity contribution in [3.63, 3.8) is 0 Å². The fourth-order valence-corrected chi connectivity index (χ4v) is 2.40. The third-order valence-electron chi connectivity index (χ3n) is 2.63. The molecule has 0 aromatic heterocycles. The van der Waals surface area contributed by atoms with Crippen LogP contribution in [0.5, 0.6) is 0 Å². The van der Waals surface area contributed by atoms with Gasteiger partial charge in [0, 0.05) is 0 Å². The smallest absolute Gasteiger partial charge is 0.0124 e. The van der Waals surface area contributed by atoms with E-state index in [1.54, 1.807) is 0 Å². The Morgan fingerprint density at radius 3 is 2.54 bits per heavy atom. The first-order chi connectivity index (χ1) is 6.36. The lowest BCUT2D eigenvalue weighted by Gasteiger charge is -2.19. The van der Waals surface area contributed by atoms with E-state index in [9.17, 15) is 0 Å². The third-order valence-corrected chi connectivity index (χ3v) is 3.61. The second kappa shape index (κ2) is 4.27. The Labute approximate surface area is 93.2 Å². The van der Waals surface area contributed by atoms with Crippen molar-refractivity contribution >= 4 is 22.6 Å². The predicted octanol–water partition coefficient (Wildman–Crippen LogP) is 4.27. The number of hydrogen-bond donors (Lipinski definition) is 0. The predicted molar refractivity (Wildman–Crippen MR) is 65.1 cm³/mol. The molecule has 0 spiro atoms. The van der Waals surface area contributed by atoms with Crippen molar-refractivity contribution in [1.82, 2.24) is 0 Å². The highest BCUT2D eigenvalue weighted by Crippen LogP contribution is 2.33. The van der Waals surface area contributed by atoms with Crippen molar-refractivity contribution in [1.29, 1.82) is 0 Å². The topological polar surface area (TPSA) is 0 Å². The molecule has 68 valence electrons. The van der Waals surface area contributed by atoms with Crippen molar-refractivity contribution in [3.8, 4) is 0 Å².